The first-order chi connectivity index (χ1) is 12.5. The normalized spacial score (nSPS) is 11.8. The minimum absolute atomic E-state index is 0.0198. The molecule has 2 amide bonds. The van der Waals surface area contributed by atoms with Crippen LogP contribution in [0.3, 0.4) is 0 Å². The van der Waals surface area contributed by atoms with Crippen LogP contribution in [0.25, 0.3) is 0 Å². The number of likely N-dealkylation sites (N-methyl/N-ethyl adjacent to an activating group) is 1. The summed E-state index contributed by atoms with van der Waals surface area (Å²) in [6.07, 6.45) is 0.745. The largest absolute Gasteiger partial charge is 0.350 e. The van der Waals surface area contributed by atoms with Gasteiger partial charge in [0.05, 0.1) is 12.1 Å². The summed E-state index contributed by atoms with van der Waals surface area (Å²) in [5.74, 6) is -0.426. The third-order valence-electron chi connectivity index (χ3n) is 3.80. The summed E-state index contributed by atoms with van der Waals surface area (Å²) in [5.41, 5.74) is 1.75. The van der Waals surface area contributed by atoms with Crippen LogP contribution in [0.1, 0.15) is 15.9 Å². The summed E-state index contributed by atoms with van der Waals surface area (Å²) < 4.78 is 0.859. The van der Waals surface area contributed by atoms with Crippen molar-refractivity contribution in [1.29, 1.82) is 0 Å². The SMILES string of the molecule is CN(C)CC(Cc1ccccc1)NC(=O)CNC(=O)c1ccccc1I. The van der Waals surface area contributed by atoms with Gasteiger partial charge in [0.25, 0.3) is 5.91 Å². The van der Waals surface area contributed by atoms with Crippen molar-refractivity contribution in [2.45, 2.75) is 12.5 Å². The number of nitrogens with one attached hydrogen (secondary N) is 2. The first-order valence-corrected chi connectivity index (χ1v) is 9.54. The Morgan fingerprint density at radius 1 is 1.04 bits per heavy atom. The van der Waals surface area contributed by atoms with E-state index in [0.29, 0.717) is 5.56 Å². The Hall–Kier alpha value is -1.93. The standard InChI is InChI=1S/C20H24IN3O2/c1-24(2)14-16(12-15-8-4-3-5-9-15)23-19(25)13-22-20(26)17-10-6-7-11-18(17)21/h3-11,16H,12-14H2,1-2H3,(H,22,26)(H,23,25). The number of rotatable bonds is 8. The zero-order chi connectivity index (χ0) is 18.9. The van der Waals surface area contributed by atoms with Crippen molar-refractivity contribution in [3.8, 4) is 0 Å². The van der Waals surface area contributed by atoms with Crippen molar-refractivity contribution in [2.24, 2.45) is 0 Å². The number of carbonyl (C=O) groups excluding carboxylic acids is 2. The van der Waals surface area contributed by atoms with Crippen LogP contribution >= 0.6 is 22.6 Å². The Bertz CT molecular complexity index is 735. The number of halogens is 1. The van der Waals surface area contributed by atoms with Crippen LogP contribution in [0.15, 0.2) is 54.6 Å². The van der Waals surface area contributed by atoms with Gasteiger partial charge in [-0.2, -0.15) is 0 Å². The molecule has 0 radical (unpaired) electrons. The maximum atomic E-state index is 12.3. The van der Waals surface area contributed by atoms with Gasteiger partial charge >= 0.3 is 0 Å². The summed E-state index contributed by atoms with van der Waals surface area (Å²) in [5, 5.41) is 5.71. The van der Waals surface area contributed by atoms with E-state index < -0.39 is 0 Å². The molecule has 0 aromatic heterocycles. The highest BCUT2D eigenvalue weighted by Crippen LogP contribution is 2.10. The van der Waals surface area contributed by atoms with Crippen LogP contribution in [0.2, 0.25) is 0 Å². The Morgan fingerprint density at radius 3 is 2.35 bits per heavy atom. The number of carbonyl (C=O) groups is 2. The molecule has 26 heavy (non-hydrogen) atoms. The predicted octanol–water partition coefficient (Wildman–Crippen LogP) is 2.31. The highest BCUT2D eigenvalue weighted by atomic mass is 127. The zero-order valence-electron chi connectivity index (χ0n) is 15.0. The molecule has 2 N–H and O–H groups in total. The average Bonchev–Trinajstić information content (AvgIpc) is 2.60. The van der Waals surface area contributed by atoms with Crippen molar-refractivity contribution >= 4 is 34.4 Å². The lowest BCUT2D eigenvalue weighted by Crippen LogP contribution is -2.47. The highest BCUT2D eigenvalue weighted by Gasteiger charge is 2.16. The summed E-state index contributed by atoms with van der Waals surface area (Å²) in [4.78, 5) is 26.6. The second-order valence-electron chi connectivity index (χ2n) is 6.38. The topological polar surface area (TPSA) is 61.4 Å². The summed E-state index contributed by atoms with van der Waals surface area (Å²) in [6.45, 7) is 0.688. The lowest BCUT2D eigenvalue weighted by atomic mass is 10.1. The Morgan fingerprint density at radius 2 is 1.69 bits per heavy atom. The van der Waals surface area contributed by atoms with Gasteiger partial charge in [0, 0.05) is 16.2 Å². The molecular formula is C20H24IN3O2. The minimum Gasteiger partial charge on any atom is -0.350 e. The van der Waals surface area contributed by atoms with E-state index in [1.807, 2.05) is 67.5 Å². The second kappa shape index (κ2) is 10.3. The smallest absolute Gasteiger partial charge is 0.252 e. The van der Waals surface area contributed by atoms with Crippen molar-refractivity contribution in [2.75, 3.05) is 27.2 Å². The molecule has 5 nitrogen and oxygen atoms in total. The van der Waals surface area contributed by atoms with Gasteiger partial charge in [-0.15, -0.1) is 0 Å². The number of benzene rings is 2. The van der Waals surface area contributed by atoms with Crippen molar-refractivity contribution in [1.82, 2.24) is 15.5 Å². The van der Waals surface area contributed by atoms with Gasteiger partial charge in [-0.1, -0.05) is 42.5 Å². The molecule has 0 saturated carbocycles. The Labute approximate surface area is 168 Å². The van der Waals surface area contributed by atoms with Gasteiger partial charge in [-0.3, -0.25) is 9.59 Å². The van der Waals surface area contributed by atoms with Gasteiger partial charge in [-0.25, -0.2) is 0 Å². The van der Waals surface area contributed by atoms with E-state index >= 15 is 0 Å². The molecule has 138 valence electrons. The molecule has 0 fully saturated rings. The average molecular weight is 465 g/mol. The zero-order valence-corrected chi connectivity index (χ0v) is 17.2. The lowest BCUT2D eigenvalue weighted by Gasteiger charge is -2.22. The van der Waals surface area contributed by atoms with Crippen molar-refractivity contribution < 1.29 is 9.59 Å². The van der Waals surface area contributed by atoms with E-state index in [4.69, 9.17) is 0 Å². The number of nitrogens with zero attached hydrogens (tertiary/aromatic N) is 1. The van der Waals surface area contributed by atoms with E-state index in [-0.39, 0.29) is 24.4 Å². The van der Waals surface area contributed by atoms with Crippen LogP contribution in [-0.4, -0.2) is 49.9 Å². The van der Waals surface area contributed by atoms with Gasteiger partial charge < -0.3 is 15.5 Å². The predicted molar refractivity (Wildman–Crippen MR) is 112 cm³/mol. The van der Waals surface area contributed by atoms with Crippen molar-refractivity contribution in [3.05, 3.63) is 69.3 Å². The van der Waals surface area contributed by atoms with Crippen LogP contribution in [-0.2, 0) is 11.2 Å². The lowest BCUT2D eigenvalue weighted by molar-refractivity contribution is -0.120. The van der Waals surface area contributed by atoms with E-state index in [9.17, 15) is 9.59 Å². The van der Waals surface area contributed by atoms with E-state index in [1.165, 1.54) is 5.56 Å². The van der Waals surface area contributed by atoms with Crippen LogP contribution in [0.5, 0.6) is 0 Å². The quantitative estimate of drug-likeness (QED) is 0.589. The molecule has 1 atom stereocenters. The van der Waals surface area contributed by atoms with Gasteiger partial charge in [-0.05, 0) is 60.8 Å². The van der Waals surface area contributed by atoms with Crippen molar-refractivity contribution in [3.63, 3.8) is 0 Å². The maximum Gasteiger partial charge on any atom is 0.252 e. The fourth-order valence-electron chi connectivity index (χ4n) is 2.68. The monoisotopic (exact) mass is 465 g/mol. The summed E-state index contributed by atoms with van der Waals surface area (Å²) in [7, 11) is 3.95. The third kappa shape index (κ3) is 6.76. The first kappa shape index (κ1) is 20.4. The molecular weight excluding hydrogens is 441 g/mol. The van der Waals surface area contributed by atoms with Crippen LogP contribution in [0, 0.1) is 3.57 Å². The summed E-state index contributed by atoms with van der Waals surface area (Å²) >= 11 is 2.11. The Balaban J connectivity index is 1.90. The molecule has 0 saturated heterocycles. The second-order valence-corrected chi connectivity index (χ2v) is 7.54. The fraction of sp³-hybridized carbons (Fsp3) is 0.300. The van der Waals surface area contributed by atoms with E-state index in [0.717, 1.165) is 16.5 Å². The molecule has 2 aromatic rings. The number of hydrogen-bond acceptors (Lipinski definition) is 3. The van der Waals surface area contributed by atoms with Gasteiger partial charge in [0.1, 0.15) is 0 Å². The maximum absolute atomic E-state index is 12.3. The minimum atomic E-state index is -0.239. The first-order valence-electron chi connectivity index (χ1n) is 8.46. The number of amides is 2. The molecule has 6 heteroatoms. The van der Waals surface area contributed by atoms with E-state index in [2.05, 4.69) is 33.2 Å². The molecule has 0 bridgehead atoms. The van der Waals surface area contributed by atoms with Gasteiger partial charge in [0.2, 0.25) is 5.91 Å². The molecule has 0 spiro atoms. The molecule has 0 aliphatic rings. The van der Waals surface area contributed by atoms with Crippen LogP contribution < -0.4 is 10.6 Å². The molecule has 1 unspecified atom stereocenters. The molecule has 0 aliphatic heterocycles. The molecule has 0 heterocycles. The highest BCUT2D eigenvalue weighted by molar-refractivity contribution is 14.1. The van der Waals surface area contributed by atoms with Crippen LogP contribution in [0.4, 0.5) is 0 Å². The fourth-order valence-corrected chi connectivity index (χ4v) is 3.31. The molecule has 2 aromatic carbocycles. The summed E-state index contributed by atoms with van der Waals surface area (Å²) in [6, 6.07) is 17.3. The Kier molecular flexibility index (Phi) is 8.06. The molecule has 2 rings (SSSR count). The third-order valence-corrected chi connectivity index (χ3v) is 4.74. The number of hydrogen-bond donors (Lipinski definition) is 2. The molecule has 0 aliphatic carbocycles. The van der Waals surface area contributed by atoms with Gasteiger partial charge in [0.15, 0.2) is 0 Å². The van der Waals surface area contributed by atoms with E-state index in [1.54, 1.807) is 6.07 Å².